The number of primary amides is 1. The predicted molar refractivity (Wildman–Crippen MR) is 137 cm³/mol. The Labute approximate surface area is 213 Å². The van der Waals surface area contributed by atoms with Crippen LogP contribution in [0.5, 0.6) is 0 Å². The maximum atomic E-state index is 14.2. The van der Waals surface area contributed by atoms with E-state index in [1.807, 2.05) is 24.3 Å². The van der Waals surface area contributed by atoms with Crippen LogP contribution in [0, 0.1) is 23.2 Å². The van der Waals surface area contributed by atoms with Crippen molar-refractivity contribution in [3.05, 3.63) is 36.5 Å². The lowest BCUT2D eigenvalue weighted by Crippen LogP contribution is -2.66. The first-order valence-electron chi connectivity index (χ1n) is 13.2. The number of para-hydroxylation sites is 1. The highest BCUT2D eigenvalue weighted by Gasteiger charge is 2.59. The molecule has 1 aromatic heterocycles. The van der Waals surface area contributed by atoms with Crippen molar-refractivity contribution in [2.45, 2.75) is 75.8 Å². The van der Waals surface area contributed by atoms with Crippen LogP contribution in [-0.2, 0) is 20.5 Å². The first kappa shape index (κ1) is 23.7. The number of nitrogens with zero attached hydrogens (tertiary/aromatic N) is 2. The Bertz CT molecular complexity index is 1260. The highest BCUT2D eigenvalue weighted by molar-refractivity contribution is 7.74. The number of benzene rings is 1. The van der Waals surface area contributed by atoms with Crippen LogP contribution in [0.4, 0.5) is 5.69 Å². The molecule has 4 bridgehead atoms. The summed E-state index contributed by atoms with van der Waals surface area (Å²) in [7, 11) is -3.10. The zero-order valence-electron chi connectivity index (χ0n) is 20.4. The number of carbonyl (C=O) groups is 2. The van der Waals surface area contributed by atoms with Gasteiger partial charge in [-0.05, 0) is 74.8 Å². The number of hydrogen-bond acceptors (Lipinski definition) is 5. The first-order valence-corrected chi connectivity index (χ1v) is 14.4. The number of rotatable bonds is 6. The molecule has 7 rings (SSSR count). The Kier molecular flexibility index (Phi) is 5.74. The molecule has 8 nitrogen and oxygen atoms in total. The van der Waals surface area contributed by atoms with Crippen LogP contribution in [-0.4, -0.2) is 36.8 Å². The normalized spacial score (nSPS) is 32.5. The number of anilines is 1. The number of hydrogen-bond donors (Lipinski definition) is 3. The Morgan fingerprint density at radius 2 is 1.69 bits per heavy atom. The van der Waals surface area contributed by atoms with Gasteiger partial charge in [-0.2, -0.15) is 0 Å². The molecule has 5 aliphatic carbocycles. The molecule has 3 N–H and O–H groups in total. The second-order valence-corrected chi connectivity index (χ2v) is 12.5. The highest BCUT2D eigenvalue weighted by Crippen LogP contribution is 2.60. The minimum Gasteiger partial charge on any atom is -0.369 e. The van der Waals surface area contributed by atoms with Gasteiger partial charge in [-0.1, -0.05) is 37.5 Å². The fourth-order valence-electron chi connectivity index (χ4n) is 8.25. The number of thiol groups is 1. The van der Waals surface area contributed by atoms with Crippen molar-refractivity contribution in [1.29, 1.82) is 0 Å². The van der Waals surface area contributed by atoms with Gasteiger partial charge in [0.2, 0.25) is 22.7 Å². The van der Waals surface area contributed by atoms with Crippen LogP contribution < -0.4 is 15.4 Å². The third kappa shape index (κ3) is 3.61. The Morgan fingerprint density at radius 1 is 1.00 bits per heavy atom. The molecule has 36 heavy (non-hydrogen) atoms. The molecule has 0 radical (unpaired) electrons. The zero-order valence-corrected chi connectivity index (χ0v) is 21.3. The lowest BCUT2D eigenvalue weighted by Gasteiger charge is -2.59. The average Bonchev–Trinajstić information content (AvgIpc) is 2.86. The summed E-state index contributed by atoms with van der Waals surface area (Å²) in [5, 5.41) is 4.20. The molecular weight excluding hydrogens is 476 g/mol. The largest absolute Gasteiger partial charge is 0.369 e. The monoisotopic (exact) mass is 510 g/mol. The molecule has 5 saturated carbocycles. The van der Waals surface area contributed by atoms with Gasteiger partial charge in [-0.15, -0.1) is 0 Å². The van der Waals surface area contributed by atoms with E-state index in [1.165, 1.54) is 4.31 Å². The number of aromatic nitrogens is 1. The average molecular weight is 511 g/mol. The lowest BCUT2D eigenvalue weighted by atomic mass is 9.47. The smallest absolute Gasteiger partial charge is 0.247 e. The molecule has 5 aliphatic rings. The van der Waals surface area contributed by atoms with E-state index in [2.05, 4.69) is 10.3 Å². The third-order valence-corrected chi connectivity index (χ3v) is 10.5. The van der Waals surface area contributed by atoms with E-state index in [0.717, 1.165) is 56.8 Å². The van der Waals surface area contributed by atoms with Crippen LogP contribution >= 0.6 is 0 Å². The van der Waals surface area contributed by atoms with E-state index in [4.69, 9.17) is 5.73 Å². The van der Waals surface area contributed by atoms with E-state index >= 15 is 0 Å². The molecule has 9 heteroatoms. The van der Waals surface area contributed by atoms with Crippen molar-refractivity contribution in [2.75, 3.05) is 4.31 Å². The summed E-state index contributed by atoms with van der Waals surface area (Å²) >= 11 is 0. The van der Waals surface area contributed by atoms with Crippen molar-refractivity contribution >= 4 is 39.3 Å². The van der Waals surface area contributed by atoms with E-state index in [0.29, 0.717) is 30.0 Å². The molecule has 192 valence electrons. The molecule has 2 aromatic rings. The van der Waals surface area contributed by atoms with Gasteiger partial charge in [0.15, 0.2) is 0 Å². The maximum Gasteiger partial charge on any atom is 0.247 e. The van der Waals surface area contributed by atoms with Gasteiger partial charge < -0.3 is 11.1 Å². The predicted octanol–water partition coefficient (Wildman–Crippen LogP) is 3.07. The zero-order chi connectivity index (χ0) is 25.1. The quantitative estimate of drug-likeness (QED) is 0.516. The molecule has 1 heterocycles. The first-order chi connectivity index (χ1) is 17.3. The molecule has 1 aromatic carbocycles. The molecule has 2 unspecified atom stereocenters. The van der Waals surface area contributed by atoms with Crippen LogP contribution in [0.25, 0.3) is 10.9 Å². The topological polar surface area (TPSA) is 122 Å². The Hall–Kier alpha value is -2.68. The van der Waals surface area contributed by atoms with Crippen molar-refractivity contribution < 1.29 is 18.0 Å². The number of carbonyl (C=O) groups excluding carboxylic acids is 2. The summed E-state index contributed by atoms with van der Waals surface area (Å²) in [5.74, 6) is 0.499. The number of nitrogens with two attached hydrogens (primary N) is 1. The summed E-state index contributed by atoms with van der Waals surface area (Å²) in [6.45, 7) is 0. The van der Waals surface area contributed by atoms with E-state index < -0.39 is 21.8 Å². The van der Waals surface area contributed by atoms with Crippen LogP contribution in [0.2, 0.25) is 0 Å². The molecule has 5 fully saturated rings. The fraction of sp³-hybridized carbons (Fsp3) is 0.593. The van der Waals surface area contributed by atoms with Crippen molar-refractivity contribution in [3.8, 4) is 0 Å². The molecule has 2 amide bonds. The molecule has 0 spiro atoms. The summed E-state index contributed by atoms with van der Waals surface area (Å²) in [6, 6.07) is 9.15. The van der Waals surface area contributed by atoms with Gasteiger partial charge in [-0.25, -0.2) is 8.42 Å². The SMILES string of the molecule is NC(=O)C12CC3CC(C1)C(NC(=O)C1(N(c4cccc5cccnc45)[SH](=O)=O)CCCCC1)C(C3)C2. The summed E-state index contributed by atoms with van der Waals surface area (Å²) < 4.78 is 27.2. The number of fused-ring (bicyclic) bond motifs is 1. The minimum atomic E-state index is -3.10. The van der Waals surface area contributed by atoms with Crippen LogP contribution in [0.15, 0.2) is 36.5 Å². The molecule has 2 atom stereocenters. The van der Waals surface area contributed by atoms with Crippen LogP contribution in [0.3, 0.4) is 0 Å². The standard InChI is InChI=1S/C27H34N4O4S/c28-24(32)26-14-17-12-19(15-26)22(20(13-17)16-26)30-25(33)27(9-2-1-3-10-27)31(36(34)35)21-8-4-6-18-7-5-11-29-23(18)21/h4-8,11,17,19-20,22,36H,1-3,9-10,12-16H2,(H2,28,32)(H,30,33). The van der Waals surface area contributed by atoms with Gasteiger partial charge in [0, 0.05) is 23.0 Å². The van der Waals surface area contributed by atoms with Crippen molar-refractivity contribution in [3.63, 3.8) is 0 Å². The molecule has 0 saturated heterocycles. The second-order valence-electron chi connectivity index (χ2n) is 11.6. The molecular formula is C27H34N4O4S. The van der Waals surface area contributed by atoms with Crippen molar-refractivity contribution in [1.82, 2.24) is 10.3 Å². The minimum absolute atomic E-state index is 0.0441. The van der Waals surface area contributed by atoms with Crippen LogP contribution in [0.1, 0.15) is 64.2 Å². The number of amides is 2. The lowest BCUT2D eigenvalue weighted by molar-refractivity contribution is -0.148. The maximum absolute atomic E-state index is 14.2. The summed E-state index contributed by atoms with van der Waals surface area (Å²) in [5.41, 5.74) is 5.27. The fourth-order valence-corrected chi connectivity index (χ4v) is 9.19. The van der Waals surface area contributed by atoms with E-state index in [9.17, 15) is 18.0 Å². The summed E-state index contributed by atoms with van der Waals surface area (Å²) in [6.07, 6.45) is 9.46. The Morgan fingerprint density at radius 3 is 2.36 bits per heavy atom. The van der Waals surface area contributed by atoms with Gasteiger partial charge >= 0.3 is 0 Å². The number of nitrogens with one attached hydrogen (secondary N) is 1. The summed E-state index contributed by atoms with van der Waals surface area (Å²) in [4.78, 5) is 31.1. The van der Waals surface area contributed by atoms with Gasteiger partial charge in [0.1, 0.15) is 5.54 Å². The van der Waals surface area contributed by atoms with E-state index in [-0.39, 0.29) is 29.7 Å². The second kappa shape index (κ2) is 8.71. The van der Waals surface area contributed by atoms with Gasteiger partial charge in [0.05, 0.1) is 11.2 Å². The highest BCUT2D eigenvalue weighted by atomic mass is 32.2. The Balaban J connectivity index is 1.36. The van der Waals surface area contributed by atoms with Gasteiger partial charge in [0.25, 0.3) is 0 Å². The number of pyridine rings is 1. The molecule has 0 aliphatic heterocycles. The van der Waals surface area contributed by atoms with E-state index in [1.54, 1.807) is 12.3 Å². The van der Waals surface area contributed by atoms with Crippen molar-refractivity contribution in [2.24, 2.45) is 28.9 Å². The van der Waals surface area contributed by atoms with Gasteiger partial charge in [-0.3, -0.25) is 18.9 Å². The third-order valence-electron chi connectivity index (χ3n) is 9.61.